The molecule has 0 saturated carbocycles. The summed E-state index contributed by atoms with van der Waals surface area (Å²) in [7, 11) is 0. The molecule has 0 spiro atoms. The normalized spacial score (nSPS) is 17.4. The van der Waals surface area contributed by atoms with Gasteiger partial charge in [0.1, 0.15) is 0 Å². The molecule has 27 heavy (non-hydrogen) atoms. The van der Waals surface area contributed by atoms with E-state index in [4.69, 9.17) is 0 Å². The van der Waals surface area contributed by atoms with E-state index in [1.54, 1.807) is 0 Å². The summed E-state index contributed by atoms with van der Waals surface area (Å²) >= 11 is 3.35. The average Bonchev–Trinajstić information content (AvgIpc) is 3.09. The number of nitrogens with one attached hydrogen (secondary N) is 1. The molecule has 0 aliphatic carbocycles. The number of piperidine rings is 1. The molecule has 7 nitrogen and oxygen atoms in total. The van der Waals surface area contributed by atoms with Gasteiger partial charge in [0.2, 0.25) is 16.0 Å². The molecule has 1 fully saturated rings. The number of carbonyl (C=O) groups is 1. The first-order chi connectivity index (χ1) is 13.1. The number of anilines is 1. The van der Waals surface area contributed by atoms with E-state index in [-0.39, 0.29) is 17.4 Å². The van der Waals surface area contributed by atoms with E-state index in [0.29, 0.717) is 17.2 Å². The number of nitrogens with zero attached hydrogens (tertiary/aromatic N) is 4. The van der Waals surface area contributed by atoms with E-state index in [1.165, 1.54) is 34.1 Å². The molecule has 2 aromatic rings. The maximum absolute atomic E-state index is 12.5. The van der Waals surface area contributed by atoms with Crippen LogP contribution in [0.1, 0.15) is 38.3 Å². The molecule has 1 aliphatic rings. The average molecular weight is 410 g/mol. The second-order valence-electron chi connectivity index (χ2n) is 6.86. The van der Waals surface area contributed by atoms with Crippen LogP contribution in [-0.4, -0.2) is 51.6 Å². The lowest BCUT2D eigenvalue weighted by atomic mass is 9.97. The van der Waals surface area contributed by atoms with Crippen LogP contribution in [-0.2, 0) is 4.79 Å². The summed E-state index contributed by atoms with van der Waals surface area (Å²) in [5, 5.41) is 8.27. The minimum atomic E-state index is -0.160. The fraction of sp³-hybridized carbons (Fsp3) is 0.667. The third-order valence-corrected chi connectivity index (χ3v) is 6.78. The fourth-order valence-corrected chi connectivity index (χ4v) is 5.01. The summed E-state index contributed by atoms with van der Waals surface area (Å²) in [6.45, 7) is 6.23. The van der Waals surface area contributed by atoms with Crippen LogP contribution >= 0.6 is 23.1 Å². The Morgan fingerprint density at radius 2 is 2.30 bits per heavy atom. The summed E-state index contributed by atoms with van der Waals surface area (Å²) < 4.78 is 1.35. The highest BCUT2D eigenvalue weighted by Gasteiger charge is 2.27. The lowest BCUT2D eigenvalue weighted by Gasteiger charge is -2.31. The zero-order valence-electron chi connectivity index (χ0n) is 15.9. The molecule has 2 aromatic heterocycles. The maximum atomic E-state index is 12.5. The van der Waals surface area contributed by atoms with Crippen LogP contribution in [0.25, 0.3) is 4.96 Å². The largest absolute Gasteiger partial charge is 0.356 e. The van der Waals surface area contributed by atoms with Crippen LogP contribution in [0.3, 0.4) is 0 Å². The third-order valence-electron chi connectivity index (χ3n) is 4.54. The summed E-state index contributed by atoms with van der Waals surface area (Å²) in [5.74, 6) is 2.39. The van der Waals surface area contributed by atoms with Crippen LogP contribution in [0, 0.1) is 12.8 Å². The standard InChI is InChI=1S/C18H27N5O2S2/c1-3-9-26-10-5-7-19-16(25)14-6-4-8-22(12-14)18-21-23-15(24)11-13(2)20-17(23)27-18/h11,14H,3-10,12H2,1-2H3,(H,19,25). The number of aromatic nitrogens is 3. The quantitative estimate of drug-likeness (QED) is 0.674. The first-order valence-corrected chi connectivity index (χ1v) is 11.5. The van der Waals surface area contributed by atoms with Crippen molar-refractivity contribution in [3.05, 3.63) is 22.1 Å². The molecular weight excluding hydrogens is 382 g/mol. The number of rotatable bonds is 8. The third kappa shape index (κ3) is 5.22. The van der Waals surface area contributed by atoms with Crippen molar-refractivity contribution in [2.45, 2.75) is 39.5 Å². The molecule has 0 aromatic carbocycles. The first kappa shape index (κ1) is 20.1. The van der Waals surface area contributed by atoms with Gasteiger partial charge in [-0.2, -0.15) is 16.3 Å². The molecule has 1 saturated heterocycles. The number of fused-ring (bicyclic) bond motifs is 1. The molecule has 0 bridgehead atoms. The van der Waals surface area contributed by atoms with Crippen molar-refractivity contribution in [3.63, 3.8) is 0 Å². The van der Waals surface area contributed by atoms with Gasteiger partial charge in [-0.25, -0.2) is 4.98 Å². The number of hydrogen-bond acceptors (Lipinski definition) is 7. The molecule has 148 valence electrons. The molecule has 1 amide bonds. The van der Waals surface area contributed by atoms with E-state index in [9.17, 15) is 9.59 Å². The predicted molar refractivity (Wildman–Crippen MR) is 112 cm³/mol. The van der Waals surface area contributed by atoms with E-state index >= 15 is 0 Å². The zero-order valence-corrected chi connectivity index (χ0v) is 17.6. The van der Waals surface area contributed by atoms with Gasteiger partial charge in [-0.15, -0.1) is 5.10 Å². The molecule has 1 aliphatic heterocycles. The second kappa shape index (κ2) is 9.54. The summed E-state index contributed by atoms with van der Waals surface area (Å²) in [6.07, 6.45) is 4.05. The SMILES string of the molecule is CCCSCCCNC(=O)C1CCCN(c2nn3c(=O)cc(C)nc3s2)C1. The number of carbonyl (C=O) groups excluding carboxylic acids is 1. The number of hydrogen-bond donors (Lipinski definition) is 1. The van der Waals surface area contributed by atoms with Gasteiger partial charge in [0, 0.05) is 31.4 Å². The van der Waals surface area contributed by atoms with Gasteiger partial charge in [-0.1, -0.05) is 18.3 Å². The Bertz CT molecular complexity index is 835. The molecule has 1 atom stereocenters. The summed E-state index contributed by atoms with van der Waals surface area (Å²) in [4.78, 5) is 31.7. The van der Waals surface area contributed by atoms with Crippen LogP contribution in [0.15, 0.2) is 10.9 Å². The highest BCUT2D eigenvalue weighted by molar-refractivity contribution is 7.99. The topological polar surface area (TPSA) is 79.6 Å². The molecular formula is C18H27N5O2S2. The van der Waals surface area contributed by atoms with E-state index in [0.717, 1.165) is 43.2 Å². The Morgan fingerprint density at radius 3 is 3.11 bits per heavy atom. The van der Waals surface area contributed by atoms with Crippen molar-refractivity contribution in [3.8, 4) is 0 Å². The van der Waals surface area contributed by atoms with E-state index in [2.05, 4.69) is 27.2 Å². The van der Waals surface area contributed by atoms with Gasteiger partial charge in [0.05, 0.1) is 5.92 Å². The van der Waals surface area contributed by atoms with Crippen LogP contribution in [0.5, 0.6) is 0 Å². The van der Waals surface area contributed by atoms with E-state index in [1.807, 2.05) is 18.7 Å². The second-order valence-corrected chi connectivity index (χ2v) is 9.02. The molecule has 3 rings (SSSR count). The minimum Gasteiger partial charge on any atom is -0.356 e. The lowest BCUT2D eigenvalue weighted by Crippen LogP contribution is -2.43. The Hall–Kier alpha value is -1.61. The van der Waals surface area contributed by atoms with Gasteiger partial charge in [0.15, 0.2) is 0 Å². The monoisotopic (exact) mass is 409 g/mol. The van der Waals surface area contributed by atoms with Crippen molar-refractivity contribution in [2.75, 3.05) is 36.0 Å². The van der Waals surface area contributed by atoms with Crippen molar-refractivity contribution in [1.82, 2.24) is 19.9 Å². The Labute approximate surface area is 167 Å². The van der Waals surface area contributed by atoms with Crippen molar-refractivity contribution in [2.24, 2.45) is 5.92 Å². The van der Waals surface area contributed by atoms with Gasteiger partial charge < -0.3 is 10.2 Å². The van der Waals surface area contributed by atoms with E-state index < -0.39 is 0 Å². The van der Waals surface area contributed by atoms with Crippen LogP contribution in [0.4, 0.5) is 5.13 Å². The van der Waals surface area contributed by atoms with Crippen molar-refractivity contribution in [1.29, 1.82) is 0 Å². The highest BCUT2D eigenvalue weighted by Crippen LogP contribution is 2.26. The van der Waals surface area contributed by atoms with Gasteiger partial charge in [0.25, 0.3) is 5.56 Å². The number of thioether (sulfide) groups is 1. The zero-order chi connectivity index (χ0) is 19.2. The minimum absolute atomic E-state index is 0.0273. The van der Waals surface area contributed by atoms with Gasteiger partial charge in [-0.3, -0.25) is 9.59 Å². The molecule has 9 heteroatoms. The molecule has 0 radical (unpaired) electrons. The predicted octanol–water partition coefficient (Wildman–Crippen LogP) is 2.33. The highest BCUT2D eigenvalue weighted by atomic mass is 32.2. The summed E-state index contributed by atoms with van der Waals surface area (Å²) in [6, 6.07) is 1.49. The van der Waals surface area contributed by atoms with Crippen molar-refractivity contribution < 1.29 is 4.79 Å². The van der Waals surface area contributed by atoms with Crippen LogP contribution < -0.4 is 15.8 Å². The Morgan fingerprint density at radius 1 is 1.44 bits per heavy atom. The smallest absolute Gasteiger partial charge is 0.275 e. The molecule has 1 unspecified atom stereocenters. The molecule has 1 N–H and O–H groups in total. The summed E-state index contributed by atoms with van der Waals surface area (Å²) in [5.41, 5.74) is 0.537. The maximum Gasteiger partial charge on any atom is 0.275 e. The van der Waals surface area contributed by atoms with Gasteiger partial charge in [-0.05, 0) is 44.1 Å². The Balaban J connectivity index is 1.57. The number of amides is 1. The Kier molecular flexibility index (Phi) is 7.12. The van der Waals surface area contributed by atoms with Crippen LogP contribution in [0.2, 0.25) is 0 Å². The van der Waals surface area contributed by atoms with Crippen molar-refractivity contribution >= 4 is 39.1 Å². The molecule has 3 heterocycles. The number of aryl methyl sites for hydroxylation is 1. The fourth-order valence-electron chi connectivity index (χ4n) is 3.18. The first-order valence-electron chi connectivity index (χ1n) is 9.56. The van der Waals surface area contributed by atoms with Gasteiger partial charge >= 0.3 is 0 Å². The lowest BCUT2D eigenvalue weighted by molar-refractivity contribution is -0.125.